The molecule has 2 atom stereocenters. The number of aryl methyl sites for hydroxylation is 2. The van der Waals surface area contributed by atoms with Crippen LogP contribution in [-0.4, -0.2) is 44.6 Å². The first-order chi connectivity index (χ1) is 13.1. The average molecular weight is 405 g/mol. The number of benzene rings is 2. The Morgan fingerprint density at radius 2 is 1.75 bits per heavy atom. The fraction of sp³-hybridized carbons (Fsp3) is 0.381. The lowest BCUT2D eigenvalue weighted by atomic mass is 10.1. The van der Waals surface area contributed by atoms with Crippen molar-refractivity contribution in [2.45, 2.75) is 32.9 Å². The van der Waals surface area contributed by atoms with Gasteiger partial charge >= 0.3 is 0 Å². The van der Waals surface area contributed by atoms with Gasteiger partial charge in [-0.1, -0.05) is 36.4 Å². The van der Waals surface area contributed by atoms with E-state index in [1.807, 2.05) is 45.0 Å². The number of nitrogens with zero attached hydrogens (tertiary/aromatic N) is 1. The molecule has 2 aromatic carbocycles. The minimum Gasteiger partial charge on any atom is -0.491 e. The molecule has 0 fully saturated rings. The third-order valence-corrected chi connectivity index (χ3v) is 5.87. The molecule has 0 saturated carbocycles. The Hall–Kier alpha value is -2.38. The Bertz CT molecular complexity index is 913. The van der Waals surface area contributed by atoms with Crippen LogP contribution >= 0.6 is 0 Å². The fourth-order valence-electron chi connectivity index (χ4n) is 2.74. The molecule has 2 rings (SSSR count). The Morgan fingerprint density at radius 3 is 2.32 bits per heavy atom. The second-order valence-electron chi connectivity index (χ2n) is 7.06. The third kappa shape index (κ3) is 5.81. The summed E-state index contributed by atoms with van der Waals surface area (Å²) in [7, 11) is -2.15. The zero-order valence-electron chi connectivity index (χ0n) is 17.0. The van der Waals surface area contributed by atoms with Crippen LogP contribution in [0.2, 0.25) is 0 Å². The van der Waals surface area contributed by atoms with Gasteiger partial charge in [-0.05, 0) is 49.6 Å². The molecular formula is C21H28N2O4S. The predicted octanol–water partition coefficient (Wildman–Crippen LogP) is 2.82. The number of hydrogen-bond donors (Lipinski definition) is 1. The third-order valence-electron chi connectivity index (χ3n) is 4.62. The van der Waals surface area contributed by atoms with Crippen molar-refractivity contribution < 1.29 is 17.9 Å². The average Bonchev–Trinajstić information content (AvgIpc) is 2.63. The van der Waals surface area contributed by atoms with E-state index in [1.165, 1.54) is 12.6 Å². The fourth-order valence-corrected chi connectivity index (χ4v) is 3.34. The molecule has 1 N–H and O–H groups in total. The molecular weight excluding hydrogens is 376 g/mol. The van der Waals surface area contributed by atoms with Crippen LogP contribution in [0, 0.1) is 13.8 Å². The van der Waals surface area contributed by atoms with Crippen LogP contribution in [0.4, 0.5) is 0 Å². The van der Waals surface area contributed by atoms with E-state index < -0.39 is 22.0 Å². The number of ether oxygens (including phenoxy) is 1. The van der Waals surface area contributed by atoms with Gasteiger partial charge in [-0.15, -0.1) is 0 Å². The van der Waals surface area contributed by atoms with Crippen LogP contribution in [0.15, 0.2) is 48.5 Å². The molecule has 0 spiro atoms. The number of rotatable bonds is 8. The maximum atomic E-state index is 12.9. The first kappa shape index (κ1) is 21.9. The second-order valence-corrected chi connectivity index (χ2v) is 9.10. The normalized spacial score (nSPS) is 13.8. The summed E-state index contributed by atoms with van der Waals surface area (Å²) in [5.74, 6) is 0.340. The Labute approximate surface area is 167 Å². The molecule has 0 aliphatic heterocycles. The summed E-state index contributed by atoms with van der Waals surface area (Å²) >= 11 is 0. The summed E-state index contributed by atoms with van der Waals surface area (Å²) < 4.78 is 30.9. The van der Waals surface area contributed by atoms with Crippen molar-refractivity contribution in [1.82, 2.24) is 9.62 Å². The SMILES string of the molecule is Cc1ccc(OCC(C)NC(=O)C(c2ccccc2)N(C)S(C)(=O)=O)cc1C. The van der Waals surface area contributed by atoms with Crippen molar-refractivity contribution in [1.29, 1.82) is 0 Å². The lowest BCUT2D eigenvalue weighted by Gasteiger charge is -2.27. The van der Waals surface area contributed by atoms with E-state index in [2.05, 4.69) is 5.32 Å². The summed E-state index contributed by atoms with van der Waals surface area (Å²) in [6, 6.07) is 13.4. The molecule has 0 heterocycles. The molecule has 0 aliphatic rings. The molecule has 6 nitrogen and oxygen atoms in total. The summed E-state index contributed by atoms with van der Waals surface area (Å²) in [6.45, 7) is 6.14. The Morgan fingerprint density at radius 1 is 1.11 bits per heavy atom. The van der Waals surface area contributed by atoms with Crippen molar-refractivity contribution in [3.63, 3.8) is 0 Å². The topological polar surface area (TPSA) is 75.7 Å². The van der Waals surface area contributed by atoms with Gasteiger partial charge < -0.3 is 10.1 Å². The minimum absolute atomic E-state index is 0.276. The highest BCUT2D eigenvalue weighted by Crippen LogP contribution is 2.22. The van der Waals surface area contributed by atoms with Gasteiger partial charge in [0.25, 0.3) is 0 Å². The first-order valence-electron chi connectivity index (χ1n) is 9.08. The lowest BCUT2D eigenvalue weighted by molar-refractivity contribution is -0.125. The molecule has 0 saturated heterocycles. The quantitative estimate of drug-likeness (QED) is 0.734. The zero-order valence-corrected chi connectivity index (χ0v) is 17.8. The van der Waals surface area contributed by atoms with Gasteiger partial charge in [0, 0.05) is 7.05 Å². The van der Waals surface area contributed by atoms with E-state index in [-0.39, 0.29) is 12.6 Å². The highest BCUT2D eigenvalue weighted by molar-refractivity contribution is 7.88. The van der Waals surface area contributed by atoms with Gasteiger partial charge in [0.1, 0.15) is 18.4 Å². The lowest BCUT2D eigenvalue weighted by Crippen LogP contribution is -2.45. The number of carbonyl (C=O) groups is 1. The number of hydrogen-bond acceptors (Lipinski definition) is 4. The molecule has 0 aliphatic carbocycles. The van der Waals surface area contributed by atoms with Gasteiger partial charge in [0.15, 0.2) is 0 Å². The molecule has 2 unspecified atom stereocenters. The molecule has 1 amide bonds. The largest absolute Gasteiger partial charge is 0.491 e. The van der Waals surface area contributed by atoms with Crippen LogP contribution in [-0.2, 0) is 14.8 Å². The number of nitrogens with one attached hydrogen (secondary N) is 1. The first-order valence-corrected chi connectivity index (χ1v) is 10.9. The van der Waals surface area contributed by atoms with Crippen molar-refractivity contribution in [3.05, 3.63) is 65.2 Å². The van der Waals surface area contributed by atoms with Gasteiger partial charge in [0.2, 0.25) is 15.9 Å². The van der Waals surface area contributed by atoms with Crippen molar-refractivity contribution in [2.75, 3.05) is 19.9 Å². The predicted molar refractivity (Wildman–Crippen MR) is 111 cm³/mol. The summed E-state index contributed by atoms with van der Waals surface area (Å²) in [5, 5.41) is 2.86. The number of amides is 1. The summed E-state index contributed by atoms with van der Waals surface area (Å²) in [6.07, 6.45) is 1.09. The van der Waals surface area contributed by atoms with Gasteiger partial charge in [0.05, 0.1) is 12.3 Å². The standard InChI is InChI=1S/C21H28N2O4S/c1-15-11-12-19(13-16(15)2)27-14-17(3)22-21(24)20(23(4)28(5,25)26)18-9-7-6-8-10-18/h6-13,17,20H,14H2,1-5H3,(H,22,24). The molecule has 152 valence electrons. The van der Waals surface area contributed by atoms with Gasteiger partial charge in [-0.25, -0.2) is 8.42 Å². The van der Waals surface area contributed by atoms with Crippen LogP contribution in [0.5, 0.6) is 5.75 Å². The van der Waals surface area contributed by atoms with E-state index in [0.717, 1.165) is 21.9 Å². The van der Waals surface area contributed by atoms with Crippen molar-refractivity contribution in [2.24, 2.45) is 0 Å². The maximum absolute atomic E-state index is 12.9. The van der Waals surface area contributed by atoms with Crippen LogP contribution in [0.25, 0.3) is 0 Å². The van der Waals surface area contributed by atoms with Crippen LogP contribution in [0.1, 0.15) is 29.7 Å². The zero-order chi connectivity index (χ0) is 20.9. The highest BCUT2D eigenvalue weighted by atomic mass is 32.2. The maximum Gasteiger partial charge on any atom is 0.243 e. The van der Waals surface area contributed by atoms with Gasteiger partial charge in [-0.2, -0.15) is 4.31 Å². The molecule has 2 aromatic rings. The molecule has 0 bridgehead atoms. The molecule has 0 aromatic heterocycles. The van der Waals surface area contributed by atoms with Crippen molar-refractivity contribution in [3.8, 4) is 5.75 Å². The van der Waals surface area contributed by atoms with E-state index in [1.54, 1.807) is 24.3 Å². The monoisotopic (exact) mass is 404 g/mol. The Balaban J connectivity index is 2.08. The van der Waals surface area contributed by atoms with E-state index >= 15 is 0 Å². The van der Waals surface area contributed by atoms with Crippen LogP contribution < -0.4 is 10.1 Å². The number of sulfonamides is 1. The Kier molecular flexibility index (Phi) is 7.21. The molecule has 7 heteroatoms. The highest BCUT2D eigenvalue weighted by Gasteiger charge is 2.31. The van der Waals surface area contributed by atoms with Gasteiger partial charge in [-0.3, -0.25) is 4.79 Å². The second kappa shape index (κ2) is 9.21. The smallest absolute Gasteiger partial charge is 0.243 e. The minimum atomic E-state index is -3.55. The molecule has 28 heavy (non-hydrogen) atoms. The number of likely N-dealkylation sites (N-methyl/N-ethyl adjacent to an activating group) is 1. The van der Waals surface area contributed by atoms with Crippen molar-refractivity contribution >= 4 is 15.9 Å². The summed E-state index contributed by atoms with van der Waals surface area (Å²) in [4.78, 5) is 12.9. The summed E-state index contributed by atoms with van der Waals surface area (Å²) in [5.41, 5.74) is 2.92. The molecule has 0 radical (unpaired) electrons. The number of carbonyl (C=O) groups excluding carboxylic acids is 1. The van der Waals surface area contributed by atoms with Crippen LogP contribution in [0.3, 0.4) is 0 Å². The van der Waals surface area contributed by atoms with E-state index in [4.69, 9.17) is 4.74 Å². The van der Waals surface area contributed by atoms with E-state index in [9.17, 15) is 13.2 Å². The van der Waals surface area contributed by atoms with E-state index in [0.29, 0.717) is 5.56 Å².